The molecule has 1 N–H and O–H groups in total. The third-order valence-electron chi connectivity index (χ3n) is 3.53. The average Bonchev–Trinajstić information content (AvgIpc) is 2.96. The zero-order chi connectivity index (χ0) is 16.2. The van der Waals surface area contributed by atoms with Crippen molar-refractivity contribution in [3.63, 3.8) is 0 Å². The molecular weight excluding hydrogens is 304 g/mol. The SMILES string of the molecule is O=C(NCc1cccc(OC(F)F)c1)[C@@H]1Cc2ccccc2O1. The van der Waals surface area contributed by atoms with Crippen LogP contribution in [0.5, 0.6) is 11.5 Å². The minimum atomic E-state index is -2.87. The molecule has 0 spiro atoms. The maximum atomic E-state index is 12.2. The van der Waals surface area contributed by atoms with E-state index in [2.05, 4.69) is 10.1 Å². The van der Waals surface area contributed by atoms with Crippen LogP contribution in [0.15, 0.2) is 48.5 Å². The lowest BCUT2D eigenvalue weighted by Gasteiger charge is -2.12. The van der Waals surface area contributed by atoms with E-state index >= 15 is 0 Å². The van der Waals surface area contributed by atoms with Gasteiger partial charge < -0.3 is 14.8 Å². The Morgan fingerprint density at radius 1 is 1.26 bits per heavy atom. The summed E-state index contributed by atoms with van der Waals surface area (Å²) in [6, 6.07) is 13.7. The number of hydrogen-bond donors (Lipinski definition) is 1. The highest BCUT2D eigenvalue weighted by atomic mass is 19.3. The van der Waals surface area contributed by atoms with E-state index in [-0.39, 0.29) is 18.2 Å². The molecule has 23 heavy (non-hydrogen) atoms. The third kappa shape index (κ3) is 3.77. The van der Waals surface area contributed by atoms with Crippen LogP contribution < -0.4 is 14.8 Å². The van der Waals surface area contributed by atoms with Crippen molar-refractivity contribution < 1.29 is 23.0 Å². The number of carbonyl (C=O) groups excluding carboxylic acids is 1. The minimum absolute atomic E-state index is 0.0660. The van der Waals surface area contributed by atoms with Crippen molar-refractivity contribution in [2.45, 2.75) is 25.7 Å². The van der Waals surface area contributed by atoms with E-state index in [0.717, 1.165) is 11.3 Å². The van der Waals surface area contributed by atoms with Crippen LogP contribution in [0.3, 0.4) is 0 Å². The Hall–Kier alpha value is -2.63. The maximum Gasteiger partial charge on any atom is 0.387 e. The molecule has 2 aromatic carbocycles. The van der Waals surface area contributed by atoms with Crippen molar-refractivity contribution in [3.8, 4) is 11.5 Å². The number of fused-ring (bicyclic) bond motifs is 1. The molecular formula is C17H15F2NO3. The Balaban J connectivity index is 1.56. The number of benzene rings is 2. The van der Waals surface area contributed by atoms with Gasteiger partial charge in [0, 0.05) is 13.0 Å². The molecule has 6 heteroatoms. The zero-order valence-electron chi connectivity index (χ0n) is 12.2. The minimum Gasteiger partial charge on any atom is -0.480 e. The summed E-state index contributed by atoms with van der Waals surface area (Å²) in [4.78, 5) is 12.2. The highest BCUT2D eigenvalue weighted by Gasteiger charge is 2.28. The molecule has 4 nitrogen and oxygen atoms in total. The molecule has 1 atom stereocenters. The van der Waals surface area contributed by atoms with Gasteiger partial charge in [-0.25, -0.2) is 0 Å². The summed E-state index contributed by atoms with van der Waals surface area (Å²) in [5.74, 6) is 0.553. The van der Waals surface area contributed by atoms with E-state index in [9.17, 15) is 13.6 Å². The van der Waals surface area contributed by atoms with Crippen molar-refractivity contribution in [2.75, 3.05) is 0 Å². The van der Waals surface area contributed by atoms with Crippen molar-refractivity contribution in [2.24, 2.45) is 0 Å². The van der Waals surface area contributed by atoms with Gasteiger partial charge in [0.25, 0.3) is 5.91 Å². The second-order valence-electron chi connectivity index (χ2n) is 5.16. The van der Waals surface area contributed by atoms with Crippen molar-refractivity contribution >= 4 is 5.91 Å². The topological polar surface area (TPSA) is 47.6 Å². The first-order valence-corrected chi connectivity index (χ1v) is 7.18. The molecule has 0 aliphatic carbocycles. The number of alkyl halides is 2. The first kappa shape index (κ1) is 15.3. The Labute approximate surface area is 132 Å². The standard InChI is InChI=1S/C17H15F2NO3/c18-17(19)22-13-6-3-4-11(8-13)10-20-16(21)15-9-12-5-1-2-7-14(12)23-15/h1-8,15,17H,9-10H2,(H,20,21)/t15-/m0/s1. The van der Waals surface area contributed by atoms with E-state index in [1.807, 2.05) is 24.3 Å². The van der Waals surface area contributed by atoms with Crippen LogP contribution in [0.1, 0.15) is 11.1 Å². The number of halogens is 2. The van der Waals surface area contributed by atoms with Gasteiger partial charge in [-0.05, 0) is 29.3 Å². The smallest absolute Gasteiger partial charge is 0.387 e. The predicted molar refractivity (Wildman–Crippen MR) is 79.5 cm³/mol. The average molecular weight is 319 g/mol. The third-order valence-corrected chi connectivity index (χ3v) is 3.53. The van der Waals surface area contributed by atoms with Crippen LogP contribution in [0.4, 0.5) is 8.78 Å². The summed E-state index contributed by atoms with van der Waals surface area (Å²) in [7, 11) is 0. The molecule has 2 aromatic rings. The molecule has 1 amide bonds. The Kier molecular flexibility index (Phi) is 4.41. The molecule has 0 bridgehead atoms. The number of ether oxygens (including phenoxy) is 2. The van der Waals surface area contributed by atoms with Gasteiger partial charge in [-0.2, -0.15) is 8.78 Å². The summed E-state index contributed by atoms with van der Waals surface area (Å²) in [5, 5.41) is 2.75. The molecule has 0 radical (unpaired) electrons. The molecule has 1 aliphatic heterocycles. The van der Waals surface area contributed by atoms with Gasteiger partial charge in [-0.3, -0.25) is 4.79 Å². The van der Waals surface area contributed by atoms with Crippen molar-refractivity contribution in [1.82, 2.24) is 5.32 Å². The fraction of sp³-hybridized carbons (Fsp3) is 0.235. The number of nitrogens with one attached hydrogen (secondary N) is 1. The van der Waals surface area contributed by atoms with Crippen molar-refractivity contribution in [3.05, 3.63) is 59.7 Å². The Bertz CT molecular complexity index is 681. The lowest BCUT2D eigenvalue weighted by atomic mass is 10.1. The van der Waals surface area contributed by atoms with Gasteiger partial charge in [0.15, 0.2) is 6.10 Å². The summed E-state index contributed by atoms with van der Waals surface area (Å²) < 4.78 is 34.3. The maximum absolute atomic E-state index is 12.2. The molecule has 3 rings (SSSR count). The van der Waals surface area contributed by atoms with E-state index < -0.39 is 12.7 Å². The highest BCUT2D eigenvalue weighted by molar-refractivity contribution is 5.82. The van der Waals surface area contributed by atoms with Gasteiger partial charge in [-0.15, -0.1) is 0 Å². The fourth-order valence-electron chi connectivity index (χ4n) is 2.46. The first-order valence-electron chi connectivity index (χ1n) is 7.18. The molecule has 1 heterocycles. The van der Waals surface area contributed by atoms with Crippen LogP contribution in [-0.2, 0) is 17.8 Å². The summed E-state index contributed by atoms with van der Waals surface area (Å²) in [6.45, 7) is -2.65. The molecule has 0 aromatic heterocycles. The molecule has 0 saturated heterocycles. The second kappa shape index (κ2) is 6.64. The predicted octanol–water partition coefficient (Wildman–Crippen LogP) is 2.91. The first-order chi connectivity index (χ1) is 11.1. The summed E-state index contributed by atoms with van der Waals surface area (Å²) in [5.41, 5.74) is 1.67. The zero-order valence-corrected chi connectivity index (χ0v) is 12.2. The number of amides is 1. The van der Waals surface area contributed by atoms with Crippen LogP contribution in [0, 0.1) is 0 Å². The van der Waals surface area contributed by atoms with Crippen molar-refractivity contribution in [1.29, 1.82) is 0 Å². The van der Waals surface area contributed by atoms with Gasteiger partial charge in [0.1, 0.15) is 11.5 Å². The number of carbonyl (C=O) groups is 1. The van der Waals surface area contributed by atoms with E-state index in [1.54, 1.807) is 12.1 Å². The van der Waals surface area contributed by atoms with E-state index in [1.165, 1.54) is 12.1 Å². The molecule has 0 saturated carbocycles. The number of para-hydroxylation sites is 1. The van der Waals surface area contributed by atoms with E-state index in [4.69, 9.17) is 4.74 Å². The molecule has 1 aliphatic rings. The second-order valence-corrected chi connectivity index (χ2v) is 5.16. The number of rotatable bonds is 5. The van der Waals surface area contributed by atoms with Gasteiger partial charge in [-0.1, -0.05) is 30.3 Å². The monoisotopic (exact) mass is 319 g/mol. The van der Waals surface area contributed by atoms with Gasteiger partial charge in [0.05, 0.1) is 0 Å². The van der Waals surface area contributed by atoms with E-state index in [0.29, 0.717) is 12.0 Å². The largest absolute Gasteiger partial charge is 0.480 e. The Morgan fingerprint density at radius 3 is 2.87 bits per heavy atom. The van der Waals surface area contributed by atoms with Crippen LogP contribution in [-0.4, -0.2) is 18.6 Å². The molecule has 120 valence electrons. The van der Waals surface area contributed by atoms with Crippen LogP contribution in [0.25, 0.3) is 0 Å². The highest BCUT2D eigenvalue weighted by Crippen LogP contribution is 2.28. The normalized spacial score (nSPS) is 15.9. The Morgan fingerprint density at radius 2 is 2.09 bits per heavy atom. The fourth-order valence-corrected chi connectivity index (χ4v) is 2.46. The summed E-state index contributed by atoms with van der Waals surface area (Å²) >= 11 is 0. The summed E-state index contributed by atoms with van der Waals surface area (Å²) in [6.07, 6.45) is -0.0378. The van der Waals surface area contributed by atoms with Crippen LogP contribution >= 0.6 is 0 Å². The quantitative estimate of drug-likeness (QED) is 0.922. The lowest BCUT2D eigenvalue weighted by Crippen LogP contribution is -2.37. The molecule has 0 unspecified atom stereocenters. The lowest BCUT2D eigenvalue weighted by molar-refractivity contribution is -0.127. The van der Waals surface area contributed by atoms with Gasteiger partial charge in [0.2, 0.25) is 0 Å². The van der Waals surface area contributed by atoms with Crippen LogP contribution in [0.2, 0.25) is 0 Å². The van der Waals surface area contributed by atoms with Gasteiger partial charge >= 0.3 is 6.61 Å². The number of hydrogen-bond acceptors (Lipinski definition) is 3. The molecule has 0 fully saturated rings.